The van der Waals surface area contributed by atoms with Crippen LogP contribution in [0.5, 0.6) is 0 Å². The van der Waals surface area contributed by atoms with E-state index < -0.39 is 5.54 Å². The van der Waals surface area contributed by atoms with Gasteiger partial charge in [-0.1, -0.05) is 54.8 Å². The Balaban J connectivity index is 1.71. The Morgan fingerprint density at radius 2 is 2.04 bits per heavy atom. The van der Waals surface area contributed by atoms with Crippen LogP contribution in [0.4, 0.5) is 0 Å². The first kappa shape index (κ1) is 19.7. The van der Waals surface area contributed by atoms with Crippen LogP contribution in [0.3, 0.4) is 0 Å². The molecule has 1 saturated carbocycles. The monoisotopic (exact) mass is 403 g/mol. The Morgan fingerprint density at radius 1 is 1.33 bits per heavy atom. The first-order valence-corrected chi connectivity index (χ1v) is 10.3. The first-order chi connectivity index (χ1) is 13.0. The van der Waals surface area contributed by atoms with Gasteiger partial charge in [0, 0.05) is 12.6 Å². The van der Waals surface area contributed by atoms with Gasteiger partial charge >= 0.3 is 0 Å². The van der Waals surface area contributed by atoms with E-state index in [1.807, 2.05) is 36.7 Å². The highest BCUT2D eigenvalue weighted by molar-refractivity contribution is 8.00. The zero-order valence-corrected chi connectivity index (χ0v) is 17.0. The molecule has 6 nitrogen and oxygen atoms in total. The fraction of sp³-hybridized carbons (Fsp3) is 0.474. The third-order valence-electron chi connectivity index (χ3n) is 4.88. The topological polar surface area (TPSA) is 83.6 Å². The summed E-state index contributed by atoms with van der Waals surface area (Å²) in [6.07, 6.45) is 4.49. The lowest BCUT2D eigenvalue weighted by atomic mass is 9.83. The van der Waals surface area contributed by atoms with Crippen LogP contribution in [-0.2, 0) is 11.8 Å². The van der Waals surface area contributed by atoms with Crippen molar-refractivity contribution >= 4 is 29.3 Å². The van der Waals surface area contributed by atoms with Crippen molar-refractivity contribution < 1.29 is 4.79 Å². The summed E-state index contributed by atoms with van der Waals surface area (Å²) >= 11 is 7.58. The predicted molar refractivity (Wildman–Crippen MR) is 106 cm³/mol. The average molecular weight is 404 g/mol. The summed E-state index contributed by atoms with van der Waals surface area (Å²) in [5, 5.41) is 21.8. The average Bonchev–Trinajstić information content (AvgIpc) is 3.03. The largest absolute Gasteiger partial charge is 0.337 e. The van der Waals surface area contributed by atoms with E-state index >= 15 is 0 Å². The highest BCUT2D eigenvalue weighted by Gasteiger charge is 2.35. The first-order valence-electron chi connectivity index (χ1n) is 9.00. The van der Waals surface area contributed by atoms with E-state index in [-0.39, 0.29) is 11.2 Å². The van der Waals surface area contributed by atoms with Crippen molar-refractivity contribution in [2.75, 3.05) is 0 Å². The van der Waals surface area contributed by atoms with Crippen LogP contribution in [-0.4, -0.2) is 31.5 Å². The number of aromatic nitrogens is 3. The lowest BCUT2D eigenvalue weighted by molar-refractivity contribution is -0.121. The molecule has 0 unspecified atom stereocenters. The van der Waals surface area contributed by atoms with Crippen LogP contribution in [0, 0.1) is 11.3 Å². The Hall–Kier alpha value is -2.04. The molecule has 1 fully saturated rings. The second kappa shape index (κ2) is 8.32. The van der Waals surface area contributed by atoms with Gasteiger partial charge in [0.25, 0.3) is 0 Å². The number of thioether (sulfide) groups is 1. The van der Waals surface area contributed by atoms with Crippen LogP contribution in [0.2, 0.25) is 5.02 Å². The molecule has 1 heterocycles. The molecule has 0 spiro atoms. The van der Waals surface area contributed by atoms with E-state index in [1.165, 1.54) is 11.8 Å². The minimum absolute atomic E-state index is 0.147. The SMILES string of the molecule is C[C@@H](Sc1nnc(-c2ccccc2Cl)n1C)C(=O)NC1(C#N)CCCCC1. The molecule has 1 aliphatic carbocycles. The lowest BCUT2D eigenvalue weighted by Gasteiger charge is -2.32. The molecule has 142 valence electrons. The van der Waals surface area contributed by atoms with Crippen LogP contribution in [0.15, 0.2) is 29.4 Å². The highest BCUT2D eigenvalue weighted by Crippen LogP contribution is 2.31. The van der Waals surface area contributed by atoms with Crippen LogP contribution in [0.1, 0.15) is 39.0 Å². The molecule has 0 bridgehead atoms. The second-order valence-electron chi connectivity index (χ2n) is 6.85. The number of halogens is 1. The van der Waals surface area contributed by atoms with E-state index in [2.05, 4.69) is 21.6 Å². The highest BCUT2D eigenvalue weighted by atomic mass is 35.5. The molecule has 0 aliphatic heterocycles. The van der Waals surface area contributed by atoms with Crippen molar-refractivity contribution in [1.82, 2.24) is 20.1 Å². The van der Waals surface area contributed by atoms with Gasteiger partial charge in [-0.15, -0.1) is 10.2 Å². The number of benzene rings is 1. The van der Waals surface area contributed by atoms with E-state index in [1.54, 1.807) is 6.07 Å². The zero-order chi connectivity index (χ0) is 19.4. The maximum atomic E-state index is 12.7. The fourth-order valence-corrected chi connectivity index (χ4v) is 4.30. The number of rotatable bonds is 5. The predicted octanol–water partition coefficient (Wildman–Crippen LogP) is 3.96. The quantitative estimate of drug-likeness (QED) is 0.764. The summed E-state index contributed by atoms with van der Waals surface area (Å²) in [6, 6.07) is 9.77. The van der Waals surface area contributed by atoms with Gasteiger partial charge in [-0.2, -0.15) is 5.26 Å². The third kappa shape index (κ3) is 4.28. The summed E-state index contributed by atoms with van der Waals surface area (Å²) in [4.78, 5) is 12.7. The van der Waals surface area contributed by atoms with Crippen molar-refractivity contribution in [3.05, 3.63) is 29.3 Å². The van der Waals surface area contributed by atoms with E-state index in [0.717, 1.165) is 24.8 Å². The number of nitriles is 1. The number of hydrogen-bond donors (Lipinski definition) is 1. The molecule has 1 aromatic carbocycles. The number of carbonyl (C=O) groups is 1. The molecule has 1 atom stereocenters. The van der Waals surface area contributed by atoms with Crippen LogP contribution >= 0.6 is 23.4 Å². The summed E-state index contributed by atoms with van der Waals surface area (Å²) in [5.74, 6) is 0.502. The normalized spacial score (nSPS) is 17.1. The second-order valence-corrected chi connectivity index (χ2v) is 8.56. The van der Waals surface area contributed by atoms with Crippen molar-refractivity contribution in [1.29, 1.82) is 5.26 Å². The molecule has 1 amide bonds. The molecular weight excluding hydrogens is 382 g/mol. The summed E-state index contributed by atoms with van der Waals surface area (Å²) in [6.45, 7) is 1.82. The lowest BCUT2D eigenvalue weighted by Crippen LogP contribution is -2.50. The molecule has 1 aliphatic rings. The van der Waals surface area contributed by atoms with E-state index in [0.29, 0.717) is 28.8 Å². The number of hydrogen-bond acceptors (Lipinski definition) is 5. The van der Waals surface area contributed by atoms with Gasteiger partial charge in [-0.05, 0) is 31.9 Å². The Morgan fingerprint density at radius 3 is 2.70 bits per heavy atom. The Kier molecular flexibility index (Phi) is 6.08. The van der Waals surface area contributed by atoms with Gasteiger partial charge in [0.2, 0.25) is 5.91 Å². The van der Waals surface area contributed by atoms with Crippen LogP contribution < -0.4 is 5.32 Å². The number of nitrogens with one attached hydrogen (secondary N) is 1. The van der Waals surface area contributed by atoms with Crippen LogP contribution in [0.25, 0.3) is 11.4 Å². The third-order valence-corrected chi connectivity index (χ3v) is 6.35. The minimum Gasteiger partial charge on any atom is -0.337 e. The maximum Gasteiger partial charge on any atom is 0.234 e. The molecule has 1 N–H and O–H groups in total. The van der Waals surface area contributed by atoms with E-state index in [9.17, 15) is 10.1 Å². The standard InChI is InChI=1S/C19H22ClN5OS/c1-13(17(26)22-19(12-21)10-6-3-7-11-19)27-18-24-23-16(25(18)2)14-8-4-5-9-15(14)20/h4-5,8-9,13H,3,6-7,10-11H2,1-2H3,(H,22,26)/t13-/m1/s1. The summed E-state index contributed by atoms with van der Waals surface area (Å²) in [7, 11) is 1.85. The van der Waals surface area contributed by atoms with Gasteiger partial charge < -0.3 is 9.88 Å². The van der Waals surface area contributed by atoms with Gasteiger partial charge in [-0.3, -0.25) is 4.79 Å². The number of amides is 1. The zero-order valence-electron chi connectivity index (χ0n) is 15.4. The molecule has 0 saturated heterocycles. The number of carbonyl (C=O) groups excluding carboxylic acids is 1. The molecule has 0 radical (unpaired) electrons. The summed E-state index contributed by atoms with van der Waals surface area (Å²) in [5.41, 5.74) is 0.0657. The van der Waals surface area contributed by atoms with Gasteiger partial charge in [0.1, 0.15) is 5.54 Å². The minimum atomic E-state index is -0.729. The van der Waals surface area contributed by atoms with Crippen molar-refractivity contribution in [3.8, 4) is 17.5 Å². The van der Waals surface area contributed by atoms with Gasteiger partial charge in [0.05, 0.1) is 16.3 Å². The molecule has 2 aromatic rings. The summed E-state index contributed by atoms with van der Waals surface area (Å²) < 4.78 is 1.83. The Labute approximate surface area is 168 Å². The van der Waals surface area contributed by atoms with Gasteiger partial charge in [0.15, 0.2) is 11.0 Å². The maximum absolute atomic E-state index is 12.7. The van der Waals surface area contributed by atoms with Gasteiger partial charge in [-0.25, -0.2) is 0 Å². The number of nitrogens with zero attached hydrogens (tertiary/aromatic N) is 4. The molecular formula is C19H22ClN5OS. The fourth-order valence-electron chi connectivity index (χ4n) is 3.26. The van der Waals surface area contributed by atoms with Crippen molar-refractivity contribution in [2.45, 2.75) is 55.0 Å². The molecule has 1 aromatic heterocycles. The smallest absolute Gasteiger partial charge is 0.234 e. The molecule has 27 heavy (non-hydrogen) atoms. The van der Waals surface area contributed by atoms with Crippen molar-refractivity contribution in [3.63, 3.8) is 0 Å². The Bertz CT molecular complexity index is 869. The van der Waals surface area contributed by atoms with Crippen molar-refractivity contribution in [2.24, 2.45) is 7.05 Å². The van der Waals surface area contributed by atoms with E-state index in [4.69, 9.17) is 11.6 Å². The molecule has 8 heteroatoms. The molecule has 3 rings (SSSR count).